The van der Waals surface area contributed by atoms with Crippen molar-refractivity contribution in [1.29, 1.82) is 0 Å². The van der Waals surface area contributed by atoms with E-state index >= 15 is 0 Å². The molecule has 0 N–H and O–H groups in total. The van der Waals surface area contributed by atoms with E-state index in [4.69, 9.17) is 0 Å². The van der Waals surface area contributed by atoms with Crippen LogP contribution in [0.15, 0.2) is 17.2 Å². The molecule has 1 unspecified atom stereocenters. The number of halogens is 3. The van der Waals surface area contributed by atoms with E-state index in [0.717, 1.165) is 10.2 Å². The minimum absolute atomic E-state index is 0. The summed E-state index contributed by atoms with van der Waals surface area (Å²) in [5.41, 5.74) is 3.27. The molecule has 1 radical (unpaired) electrons. The molecule has 1 atom stereocenters. The predicted molar refractivity (Wildman–Crippen MR) is 57.8 cm³/mol. The zero-order valence-corrected chi connectivity index (χ0v) is 15.7. The fourth-order valence-corrected chi connectivity index (χ4v) is 1.94. The van der Waals surface area contributed by atoms with Gasteiger partial charge >= 0.3 is 21.7 Å². The van der Waals surface area contributed by atoms with Crippen molar-refractivity contribution >= 4 is 10.2 Å². The molecule has 2 aliphatic carbocycles. The molecular formula is C11H18Cl3SiTi-2. The van der Waals surface area contributed by atoms with Gasteiger partial charge in [-0.05, 0) is 6.42 Å². The molecule has 16 heavy (non-hydrogen) atoms. The molecule has 0 nitrogen and oxygen atoms in total. The quantitative estimate of drug-likeness (QED) is 0.306. The van der Waals surface area contributed by atoms with E-state index < -0.39 is 0 Å². The fraction of sp³-hybridized carbons (Fsp3) is 0.545. The molecule has 0 saturated heterocycles. The third-order valence-corrected chi connectivity index (χ3v) is 2.58. The summed E-state index contributed by atoms with van der Waals surface area (Å²) < 4.78 is 0. The maximum absolute atomic E-state index is 3.39. The molecule has 0 fully saturated rings. The van der Waals surface area contributed by atoms with Crippen LogP contribution in [-0.4, -0.2) is 10.2 Å². The molecule has 0 aromatic heterocycles. The van der Waals surface area contributed by atoms with Gasteiger partial charge in [-0.2, -0.15) is 11.1 Å². The molecular weight excluding hydrogens is 314 g/mol. The van der Waals surface area contributed by atoms with Crippen LogP contribution in [0.2, 0.25) is 0 Å². The van der Waals surface area contributed by atoms with Crippen LogP contribution in [0.3, 0.4) is 0 Å². The topological polar surface area (TPSA) is 0 Å². The van der Waals surface area contributed by atoms with Gasteiger partial charge in [0.25, 0.3) is 0 Å². The first-order chi connectivity index (χ1) is 5.88. The van der Waals surface area contributed by atoms with E-state index in [0.29, 0.717) is 5.92 Å². The Morgan fingerprint density at radius 2 is 1.69 bits per heavy atom. The Morgan fingerprint density at radius 3 is 2.19 bits per heavy atom. The van der Waals surface area contributed by atoms with Gasteiger partial charge in [0.05, 0.1) is 0 Å². The van der Waals surface area contributed by atoms with Gasteiger partial charge in [0.15, 0.2) is 0 Å². The molecule has 2 aliphatic rings. The van der Waals surface area contributed by atoms with Crippen molar-refractivity contribution in [1.82, 2.24) is 0 Å². The largest absolute Gasteiger partial charge is 3.00 e. The summed E-state index contributed by atoms with van der Waals surface area (Å²) in [6, 6.07) is 0. The van der Waals surface area contributed by atoms with Crippen LogP contribution in [0.5, 0.6) is 0 Å². The third-order valence-electron chi connectivity index (χ3n) is 2.58. The first-order valence-electron chi connectivity index (χ1n) is 4.90. The number of hydrogen-bond donors (Lipinski definition) is 0. The van der Waals surface area contributed by atoms with Crippen LogP contribution in [0.1, 0.15) is 32.6 Å². The van der Waals surface area contributed by atoms with Gasteiger partial charge in [0, 0.05) is 0 Å². The van der Waals surface area contributed by atoms with E-state index in [9.17, 15) is 0 Å². The van der Waals surface area contributed by atoms with Gasteiger partial charge in [0.1, 0.15) is 0 Å². The van der Waals surface area contributed by atoms with Crippen molar-refractivity contribution < 1.29 is 58.9 Å². The van der Waals surface area contributed by atoms with Crippen molar-refractivity contribution in [2.75, 3.05) is 0 Å². The summed E-state index contributed by atoms with van der Waals surface area (Å²) in [4.78, 5) is 0. The monoisotopic (exact) mass is 331 g/mol. The predicted octanol–water partition coefficient (Wildman–Crippen LogP) is -6.98. The molecule has 93 valence electrons. The number of allylic oxidation sites excluding steroid dienone is 4. The van der Waals surface area contributed by atoms with Gasteiger partial charge in [-0.1, -0.05) is 32.1 Å². The van der Waals surface area contributed by atoms with Crippen LogP contribution in [0.25, 0.3) is 0 Å². The average Bonchev–Trinajstić information content (AvgIpc) is 2.53. The van der Waals surface area contributed by atoms with Crippen LogP contribution in [0, 0.1) is 18.5 Å². The SMILES string of the molecule is CC1[C-]=CC2=C1CCCC2.[CH2-][SiH3].[Cl-].[Cl-].[Cl-].[Ti+3]. The first-order valence-corrected chi connectivity index (χ1v) is 6.31. The summed E-state index contributed by atoms with van der Waals surface area (Å²) in [6.45, 7) is 5.64. The Hall–Kier alpha value is 1.28. The van der Waals surface area contributed by atoms with Crippen molar-refractivity contribution in [3.63, 3.8) is 0 Å². The second-order valence-electron chi connectivity index (χ2n) is 3.29. The second kappa shape index (κ2) is 14.3. The van der Waals surface area contributed by atoms with Crippen LogP contribution in [0.4, 0.5) is 0 Å². The Morgan fingerprint density at radius 1 is 1.19 bits per heavy atom. The summed E-state index contributed by atoms with van der Waals surface area (Å²) >= 11 is 0. The standard InChI is InChI=1S/C10H13.CH5Si.3ClH.Ti/c1-8-6-7-9-4-2-3-5-10(8)9;1-2;;;;/h7-8H,2-5H2,1H3;1H2,2H3;3*1H;/q2*-1;;;;+3/p-3. The summed E-state index contributed by atoms with van der Waals surface area (Å²) in [5, 5.41) is 0. The van der Waals surface area contributed by atoms with Crippen molar-refractivity contribution in [2.45, 2.75) is 32.6 Å². The molecule has 0 aromatic rings. The Labute approximate surface area is 137 Å². The fourth-order valence-electron chi connectivity index (χ4n) is 1.94. The van der Waals surface area contributed by atoms with Gasteiger partial charge in [0.2, 0.25) is 0 Å². The number of hydrogen-bond acceptors (Lipinski definition) is 0. The van der Waals surface area contributed by atoms with Gasteiger partial charge < -0.3 is 43.8 Å². The summed E-state index contributed by atoms with van der Waals surface area (Å²) in [5.74, 6) is 0.635. The van der Waals surface area contributed by atoms with Gasteiger partial charge in [-0.25, -0.2) is 6.08 Å². The van der Waals surface area contributed by atoms with Gasteiger partial charge in [-0.15, -0.1) is 10.2 Å². The smallest absolute Gasteiger partial charge is 1.00 e. The average molecular weight is 333 g/mol. The van der Waals surface area contributed by atoms with E-state index in [1.807, 2.05) is 0 Å². The minimum Gasteiger partial charge on any atom is -1.00 e. The van der Waals surface area contributed by atoms with Crippen molar-refractivity contribution in [3.8, 4) is 0 Å². The Balaban J connectivity index is -0.000000114. The maximum Gasteiger partial charge on any atom is 3.00 e. The first kappa shape index (κ1) is 26.0. The van der Waals surface area contributed by atoms with Crippen LogP contribution >= 0.6 is 0 Å². The van der Waals surface area contributed by atoms with Gasteiger partial charge in [-0.3, -0.25) is 6.08 Å². The molecule has 0 bridgehead atoms. The third kappa shape index (κ3) is 6.88. The van der Waals surface area contributed by atoms with E-state index in [-0.39, 0.29) is 58.9 Å². The van der Waals surface area contributed by atoms with Crippen molar-refractivity contribution in [2.24, 2.45) is 5.92 Å². The van der Waals surface area contributed by atoms with E-state index in [1.165, 1.54) is 25.7 Å². The molecule has 0 aromatic carbocycles. The molecule has 0 heterocycles. The zero-order chi connectivity index (χ0) is 8.97. The molecule has 0 saturated carbocycles. The summed E-state index contributed by atoms with van der Waals surface area (Å²) in [7, 11) is 1.06. The van der Waals surface area contributed by atoms with Crippen LogP contribution < -0.4 is 37.2 Å². The molecule has 0 aliphatic heterocycles. The maximum atomic E-state index is 3.39. The van der Waals surface area contributed by atoms with Crippen molar-refractivity contribution in [3.05, 3.63) is 29.8 Å². The normalized spacial score (nSPS) is 20.0. The molecule has 2 rings (SSSR count). The Kier molecular flexibility index (Phi) is 23.3. The van der Waals surface area contributed by atoms with E-state index in [1.54, 1.807) is 11.1 Å². The second-order valence-corrected chi connectivity index (χ2v) is 3.29. The zero-order valence-electron chi connectivity index (χ0n) is 9.82. The summed E-state index contributed by atoms with van der Waals surface area (Å²) in [6.07, 6.45) is 11.0. The molecule has 0 spiro atoms. The molecule has 0 amide bonds. The minimum atomic E-state index is 0. The Bertz CT molecular complexity index is 217. The van der Waals surface area contributed by atoms with Crippen LogP contribution in [-0.2, 0) is 21.7 Å². The molecule has 5 heteroatoms. The number of rotatable bonds is 0. The van der Waals surface area contributed by atoms with E-state index in [2.05, 4.69) is 25.6 Å².